The second-order valence-electron chi connectivity index (χ2n) is 9.01. The number of hydrogen-bond donors (Lipinski definition) is 0. The molecule has 174 valence electrons. The highest BCUT2D eigenvalue weighted by molar-refractivity contribution is 6.35. The Morgan fingerprint density at radius 1 is 0.432 bits per heavy atom. The van der Waals surface area contributed by atoms with Crippen molar-refractivity contribution in [1.82, 2.24) is 15.0 Å². The first-order valence-corrected chi connectivity index (χ1v) is 12.5. The molecule has 0 atom stereocenters. The summed E-state index contributed by atoms with van der Waals surface area (Å²) in [5.41, 5.74) is 2.70. The molecule has 0 unspecified atom stereocenters. The van der Waals surface area contributed by atoms with Crippen LogP contribution in [0.3, 0.4) is 0 Å². The van der Waals surface area contributed by atoms with E-state index in [0.29, 0.717) is 22.5 Å². The number of halogens is 1. The summed E-state index contributed by atoms with van der Waals surface area (Å²) >= 11 is 6.81. The van der Waals surface area contributed by atoms with Crippen molar-refractivity contribution in [3.63, 3.8) is 0 Å². The Bertz CT molecular complexity index is 1950. The lowest BCUT2D eigenvalue weighted by Gasteiger charge is -2.14. The molecule has 0 radical (unpaired) electrons. The fraction of sp³-hybridized carbons (Fsp3) is 0. The molecule has 7 rings (SSSR count). The summed E-state index contributed by atoms with van der Waals surface area (Å²) in [5.74, 6) is 1.79. The fourth-order valence-corrected chi connectivity index (χ4v) is 5.29. The molecule has 37 heavy (non-hydrogen) atoms. The predicted octanol–water partition coefficient (Wildman–Crippen LogP) is 8.99. The molecule has 0 aliphatic rings. The topological polar surface area (TPSA) is 38.7 Å². The van der Waals surface area contributed by atoms with Crippen LogP contribution in [-0.4, -0.2) is 15.0 Å². The molecular weight excluding hydrogens is 474 g/mol. The number of rotatable bonds is 3. The van der Waals surface area contributed by atoms with E-state index < -0.39 is 0 Å². The van der Waals surface area contributed by atoms with Gasteiger partial charge in [0.2, 0.25) is 0 Å². The molecule has 0 spiro atoms. The quantitative estimate of drug-likeness (QED) is 0.230. The molecule has 6 aromatic carbocycles. The summed E-state index contributed by atoms with van der Waals surface area (Å²) < 4.78 is 0. The van der Waals surface area contributed by atoms with Gasteiger partial charge in [-0.2, -0.15) is 0 Å². The van der Waals surface area contributed by atoms with Gasteiger partial charge >= 0.3 is 0 Å². The maximum Gasteiger partial charge on any atom is 0.166 e. The van der Waals surface area contributed by atoms with Crippen molar-refractivity contribution >= 4 is 43.9 Å². The highest BCUT2D eigenvalue weighted by Gasteiger charge is 2.18. The highest BCUT2D eigenvalue weighted by atomic mass is 35.5. The number of aromatic nitrogens is 3. The number of hydrogen-bond acceptors (Lipinski definition) is 3. The molecule has 4 heteroatoms. The van der Waals surface area contributed by atoms with Gasteiger partial charge in [-0.05, 0) is 44.5 Å². The summed E-state index contributed by atoms with van der Waals surface area (Å²) in [6, 6.07) is 41.2. The molecule has 0 N–H and O–H groups in total. The van der Waals surface area contributed by atoms with Crippen molar-refractivity contribution in [3.8, 4) is 34.2 Å². The maximum absolute atomic E-state index is 6.81. The Morgan fingerprint density at radius 3 is 1.84 bits per heavy atom. The van der Waals surface area contributed by atoms with E-state index in [1.807, 2.05) is 54.6 Å². The van der Waals surface area contributed by atoms with Crippen LogP contribution in [0.4, 0.5) is 0 Å². The van der Waals surface area contributed by atoms with Crippen LogP contribution in [0, 0.1) is 0 Å². The van der Waals surface area contributed by atoms with Crippen molar-refractivity contribution in [1.29, 1.82) is 0 Å². The zero-order chi connectivity index (χ0) is 24.8. The smallest absolute Gasteiger partial charge is 0.166 e. The van der Waals surface area contributed by atoms with Crippen molar-refractivity contribution in [2.24, 2.45) is 0 Å². The molecule has 7 aromatic rings. The summed E-state index contributed by atoms with van der Waals surface area (Å²) in [6.07, 6.45) is 0. The van der Waals surface area contributed by atoms with Gasteiger partial charge in [-0.25, -0.2) is 15.0 Å². The monoisotopic (exact) mass is 493 g/mol. The Hall–Kier alpha value is -4.60. The highest BCUT2D eigenvalue weighted by Crippen LogP contribution is 2.37. The lowest BCUT2D eigenvalue weighted by atomic mass is 9.96. The van der Waals surface area contributed by atoms with Crippen molar-refractivity contribution < 1.29 is 0 Å². The Morgan fingerprint density at radius 2 is 1.03 bits per heavy atom. The number of fused-ring (bicyclic) bond motifs is 4. The second kappa shape index (κ2) is 8.81. The molecular formula is C33H20ClN3. The maximum atomic E-state index is 6.81. The van der Waals surface area contributed by atoms with E-state index in [0.717, 1.165) is 38.2 Å². The minimum absolute atomic E-state index is 0.558. The van der Waals surface area contributed by atoms with Crippen molar-refractivity contribution in [2.75, 3.05) is 0 Å². The first-order valence-electron chi connectivity index (χ1n) is 12.2. The van der Waals surface area contributed by atoms with E-state index in [2.05, 4.69) is 66.7 Å². The van der Waals surface area contributed by atoms with Crippen LogP contribution >= 0.6 is 11.6 Å². The lowest BCUT2D eigenvalue weighted by Crippen LogP contribution is -2.01. The molecule has 0 saturated heterocycles. The molecule has 0 saturated carbocycles. The van der Waals surface area contributed by atoms with E-state index in [-0.39, 0.29) is 0 Å². The van der Waals surface area contributed by atoms with Crippen LogP contribution < -0.4 is 0 Å². The van der Waals surface area contributed by atoms with E-state index in [1.165, 1.54) is 10.8 Å². The number of benzene rings is 6. The summed E-state index contributed by atoms with van der Waals surface area (Å²) in [4.78, 5) is 15.0. The van der Waals surface area contributed by atoms with E-state index >= 15 is 0 Å². The second-order valence-corrected chi connectivity index (χ2v) is 9.41. The van der Waals surface area contributed by atoms with Gasteiger partial charge in [0.15, 0.2) is 17.5 Å². The van der Waals surface area contributed by atoms with Crippen LogP contribution in [0.5, 0.6) is 0 Å². The molecule has 0 aliphatic carbocycles. The average Bonchev–Trinajstić information content (AvgIpc) is 2.97. The minimum atomic E-state index is 0.558. The first-order chi connectivity index (χ1) is 18.3. The van der Waals surface area contributed by atoms with Crippen LogP contribution in [0.15, 0.2) is 121 Å². The Kier molecular flexibility index (Phi) is 5.16. The van der Waals surface area contributed by atoms with E-state index in [1.54, 1.807) is 0 Å². The minimum Gasteiger partial charge on any atom is -0.208 e. The third kappa shape index (κ3) is 3.72. The average molecular weight is 494 g/mol. The van der Waals surface area contributed by atoms with Gasteiger partial charge in [-0.3, -0.25) is 0 Å². The zero-order valence-corrected chi connectivity index (χ0v) is 20.5. The van der Waals surface area contributed by atoms with Gasteiger partial charge in [0.25, 0.3) is 0 Å². The van der Waals surface area contributed by atoms with Crippen LogP contribution in [0.1, 0.15) is 0 Å². The normalized spacial score (nSPS) is 11.4. The SMILES string of the molecule is Clc1ccc2ccccc2c1-c1nc(-c2ccccc2)nc(-c2cc3ccccc3c3ccccc23)n1. The summed E-state index contributed by atoms with van der Waals surface area (Å²) in [6.45, 7) is 0. The van der Waals surface area contributed by atoms with Gasteiger partial charge in [-0.15, -0.1) is 0 Å². The van der Waals surface area contributed by atoms with Gasteiger partial charge in [0.1, 0.15) is 0 Å². The van der Waals surface area contributed by atoms with E-state index in [4.69, 9.17) is 26.6 Å². The van der Waals surface area contributed by atoms with Gasteiger partial charge in [0, 0.05) is 16.7 Å². The lowest BCUT2D eigenvalue weighted by molar-refractivity contribution is 1.08. The molecule has 1 heterocycles. The zero-order valence-electron chi connectivity index (χ0n) is 19.8. The molecule has 1 aromatic heterocycles. The van der Waals surface area contributed by atoms with Gasteiger partial charge in [-0.1, -0.05) is 121 Å². The Balaban J connectivity index is 1.58. The van der Waals surface area contributed by atoms with Crippen LogP contribution in [0.2, 0.25) is 5.02 Å². The predicted molar refractivity (Wildman–Crippen MR) is 154 cm³/mol. The summed E-state index contributed by atoms with van der Waals surface area (Å²) in [7, 11) is 0. The van der Waals surface area contributed by atoms with Crippen LogP contribution in [-0.2, 0) is 0 Å². The number of nitrogens with zero attached hydrogens (tertiary/aromatic N) is 3. The fourth-order valence-electron chi connectivity index (χ4n) is 5.04. The first kappa shape index (κ1) is 21.7. The summed E-state index contributed by atoms with van der Waals surface area (Å²) in [5, 5.41) is 7.32. The van der Waals surface area contributed by atoms with Crippen LogP contribution in [0.25, 0.3) is 66.5 Å². The van der Waals surface area contributed by atoms with Gasteiger partial charge < -0.3 is 0 Å². The largest absolute Gasteiger partial charge is 0.208 e. The molecule has 3 nitrogen and oxygen atoms in total. The third-order valence-electron chi connectivity index (χ3n) is 6.78. The molecule has 0 fully saturated rings. The Labute approximate surface area is 219 Å². The van der Waals surface area contributed by atoms with Crippen molar-refractivity contribution in [2.45, 2.75) is 0 Å². The molecule has 0 amide bonds. The third-order valence-corrected chi connectivity index (χ3v) is 7.09. The van der Waals surface area contributed by atoms with Crippen molar-refractivity contribution in [3.05, 3.63) is 126 Å². The molecule has 0 aliphatic heterocycles. The van der Waals surface area contributed by atoms with E-state index in [9.17, 15) is 0 Å². The molecule has 0 bridgehead atoms. The standard InChI is InChI=1S/C33H20ClN3/c34-29-19-18-21-10-4-7-15-25(21)30(29)33-36-31(22-11-2-1-3-12-22)35-32(37-33)28-20-23-13-5-6-14-24(23)26-16-8-9-17-27(26)28/h1-20H. The van der Waals surface area contributed by atoms with Gasteiger partial charge in [0.05, 0.1) is 5.02 Å².